The van der Waals surface area contributed by atoms with Gasteiger partial charge in [0.15, 0.2) is 0 Å². The van der Waals surface area contributed by atoms with Crippen molar-refractivity contribution >= 4 is 221 Å². The minimum Gasteiger partial charge on any atom is -0.550 e. The molecule has 32 heteroatoms. The van der Waals surface area contributed by atoms with E-state index in [-0.39, 0.29) is 129 Å². The Hall–Kier alpha value is -11.9. The van der Waals surface area contributed by atoms with Crippen LogP contribution in [0.25, 0.3) is 133 Å². The zero-order valence-corrected chi connectivity index (χ0v) is 84.9. The van der Waals surface area contributed by atoms with E-state index in [1.165, 1.54) is 0 Å². The van der Waals surface area contributed by atoms with Crippen molar-refractivity contribution in [3.8, 4) is 0 Å². The second-order valence-electron chi connectivity index (χ2n) is 34.9. The summed E-state index contributed by atoms with van der Waals surface area (Å²) < 4.78 is 0. The maximum absolute atomic E-state index is 11.4. The molecule has 9 aromatic heterocycles. The number of carbonyl (C=O) groups is 6. The van der Waals surface area contributed by atoms with Gasteiger partial charge >= 0.3 is 51.7 Å². The quantitative estimate of drug-likeness (QED) is 0.0267. The van der Waals surface area contributed by atoms with Crippen molar-refractivity contribution in [2.24, 2.45) is 0 Å². The van der Waals surface area contributed by atoms with Gasteiger partial charge < -0.3 is 120 Å². The SMILES string of the molecule is CC1=C(CCC(=O)[O-])c2cc3nc(cc4[nH]c(cc5[nH]c(cc1n2)c(C)c5C(C)O)c(C)c4C(C)O)C(C)=C3CCC(=O)[O-].CC1=C(CCC(=O)[O-])c2cc3nc(cc4[nH]c(cc5[nH]c(cc1n2)c(C)c5C(C)O)c(C)c4C(C)O)C(C)=C3CCC(=O)[O-].CC1=C(CCC(=O)[O-])c2cc3nc(cc4[nH]c(cc5[nH]c(cc1n2)c(C)c5C(C)O)c(C)c4C(C)O)C(C)=C3CCC(=O)[O-].[In+3].[In+3]. The number of allylic oxidation sites excluding steroid dienone is 12. The molecule has 15 rings (SSSR count). The molecule has 9 aromatic rings. The van der Waals surface area contributed by atoms with Crippen molar-refractivity contribution in [3.63, 3.8) is 0 Å². The number of aliphatic hydroxyl groups is 6. The van der Waals surface area contributed by atoms with Crippen molar-refractivity contribution in [1.29, 1.82) is 0 Å². The van der Waals surface area contributed by atoms with Crippen molar-refractivity contribution in [1.82, 2.24) is 59.8 Å². The number of fused-ring (bicyclic) bond motifs is 24. The van der Waals surface area contributed by atoms with Crippen molar-refractivity contribution in [3.05, 3.63) is 208 Å². The van der Waals surface area contributed by atoms with Crippen LogP contribution in [-0.4, -0.2) is 178 Å². The number of hydrogen-bond donors (Lipinski definition) is 12. The molecule has 12 N–H and O–H groups in total. The molecule has 6 aliphatic rings. The van der Waals surface area contributed by atoms with Crippen molar-refractivity contribution < 1.29 is 90.0 Å². The Kier molecular flexibility index (Phi) is 32.1. The van der Waals surface area contributed by atoms with Crippen LogP contribution in [0.2, 0.25) is 0 Å². The Bertz CT molecular complexity index is 6450. The first kappa shape index (κ1) is 103. The maximum atomic E-state index is 11.4. The summed E-state index contributed by atoms with van der Waals surface area (Å²) >= 11 is 0. The van der Waals surface area contributed by atoms with Crippen molar-refractivity contribution in [2.45, 2.75) is 238 Å². The zero-order chi connectivity index (χ0) is 96.1. The smallest absolute Gasteiger partial charge is 0.550 e. The molecule has 6 unspecified atom stereocenters. The van der Waals surface area contributed by atoms with Gasteiger partial charge in [0.2, 0.25) is 0 Å². The third-order valence-corrected chi connectivity index (χ3v) is 25.9. The van der Waals surface area contributed by atoms with Crippen LogP contribution in [0, 0.1) is 41.5 Å². The van der Waals surface area contributed by atoms with Gasteiger partial charge in [0, 0.05) is 135 Å². The predicted molar refractivity (Wildman–Crippen MR) is 507 cm³/mol. The Morgan fingerprint density at radius 1 is 0.224 bits per heavy atom. The molecule has 0 fully saturated rings. The summed E-state index contributed by atoms with van der Waals surface area (Å²) in [4.78, 5) is 119. The maximum Gasteiger partial charge on any atom is 3.00 e. The van der Waals surface area contributed by atoms with E-state index in [4.69, 9.17) is 29.9 Å². The van der Waals surface area contributed by atoms with Crippen LogP contribution in [0.15, 0.2) is 72.8 Å². The van der Waals surface area contributed by atoms with Crippen molar-refractivity contribution in [2.75, 3.05) is 0 Å². The fraction of sp³-hybridized carbons (Fsp3) is 0.353. The second kappa shape index (κ2) is 41.9. The Morgan fingerprint density at radius 2 is 0.351 bits per heavy atom. The number of carboxylic acid groups (broad SMARTS) is 6. The number of nitrogens with zero attached hydrogens (tertiary/aromatic N) is 6. The number of carboxylic acids is 6. The number of rotatable bonds is 24. The minimum absolute atomic E-state index is 0. The first-order valence-electron chi connectivity index (χ1n) is 44.0. The van der Waals surface area contributed by atoms with Gasteiger partial charge in [0.1, 0.15) is 0 Å². The number of nitrogens with one attached hydrogen (secondary N) is 6. The molecule has 0 saturated carbocycles. The molecule has 0 amide bonds. The van der Waals surface area contributed by atoms with Crippen LogP contribution in [0.5, 0.6) is 0 Å². The van der Waals surface area contributed by atoms with Gasteiger partial charge in [0.05, 0.1) is 105 Å². The molecular weight excluding hydrogens is 1910 g/mol. The summed E-state index contributed by atoms with van der Waals surface area (Å²) in [5.41, 5.74) is 33.8. The summed E-state index contributed by atoms with van der Waals surface area (Å²) in [5, 5.41) is 133. The standard InChI is InChI=1S/3C34H38N4O6.2In/c3*1-15-21(7-9-31(41)42)27-14-28-22(8-10-32(43)44)16(2)24(36-28)12-29-34(20(6)40)18(4)26(38-29)13-30-33(19(5)39)17(3)25(37-30)11-23(15)35-27;;/h3*11-14,19-20,37-40H,7-10H2,1-6H3,(H,41,42)(H,43,44);;/q;;;2*+3/p-6. The molecule has 0 spiro atoms. The van der Waals surface area contributed by atoms with E-state index in [1.807, 2.05) is 138 Å². The van der Waals surface area contributed by atoms with Crippen LogP contribution in [-0.2, 0) is 28.8 Å². The predicted octanol–water partition coefficient (Wildman–Crippen LogP) is 11.1. The largest absolute Gasteiger partial charge is 3.00 e. The van der Waals surface area contributed by atoms with Crippen LogP contribution >= 0.6 is 0 Å². The first-order chi connectivity index (χ1) is 62.3. The number of aromatic amines is 6. The van der Waals surface area contributed by atoms with Crippen LogP contribution in [0.3, 0.4) is 0 Å². The molecule has 15 heterocycles. The van der Waals surface area contributed by atoms with E-state index in [2.05, 4.69) is 29.9 Å². The summed E-state index contributed by atoms with van der Waals surface area (Å²) in [7, 11) is 0. The Labute approximate surface area is 810 Å². The third-order valence-electron chi connectivity index (χ3n) is 25.9. The third kappa shape index (κ3) is 21.4. The number of hydrogen-bond acceptors (Lipinski definition) is 24. The molecule has 24 bridgehead atoms. The van der Waals surface area contributed by atoms with Gasteiger partial charge in [-0.25, -0.2) is 29.9 Å². The average molecular weight is 2020 g/mol. The molecule has 690 valence electrons. The number of aromatic nitrogens is 12. The second-order valence-corrected chi connectivity index (χ2v) is 34.9. The Balaban J connectivity index is 0.000000192. The topological polar surface area (TPSA) is 534 Å². The summed E-state index contributed by atoms with van der Waals surface area (Å²) in [6.45, 7) is 33.0. The molecule has 134 heavy (non-hydrogen) atoms. The average Bonchev–Trinajstić information content (AvgIpc) is 1.62. The molecule has 6 aliphatic heterocycles. The summed E-state index contributed by atoms with van der Waals surface area (Å²) in [6.07, 6.45) is -4.76. The fourth-order valence-electron chi connectivity index (χ4n) is 18.9. The van der Waals surface area contributed by atoms with Gasteiger partial charge in [-0.2, -0.15) is 0 Å². The number of aliphatic carboxylic acids is 6. The molecule has 6 atom stereocenters. The molecular formula is C102H108In2N12O18. The minimum atomic E-state index is -1.18. The van der Waals surface area contributed by atoms with Crippen LogP contribution < -0.4 is 30.6 Å². The molecule has 0 radical (unpaired) electrons. The van der Waals surface area contributed by atoms with Gasteiger partial charge in [-0.1, -0.05) is 0 Å². The summed E-state index contributed by atoms with van der Waals surface area (Å²) in [6, 6.07) is 22.2. The normalized spacial score (nSPS) is 14.5. The van der Waals surface area contributed by atoms with E-state index in [0.29, 0.717) is 118 Å². The van der Waals surface area contributed by atoms with Crippen LogP contribution in [0.4, 0.5) is 0 Å². The number of carbonyl (C=O) groups excluding carboxylic acids is 6. The number of aliphatic hydroxyl groups excluding tert-OH is 6. The summed E-state index contributed by atoms with van der Waals surface area (Å²) in [5.74, 6) is -7.06. The van der Waals surface area contributed by atoms with Gasteiger partial charge in [-0.3, -0.25) is 0 Å². The van der Waals surface area contributed by atoms with Gasteiger partial charge in [0.25, 0.3) is 0 Å². The van der Waals surface area contributed by atoms with Gasteiger partial charge in [-0.15, -0.1) is 0 Å². The fourth-order valence-corrected chi connectivity index (χ4v) is 18.9. The first-order valence-corrected chi connectivity index (χ1v) is 44.0. The monoisotopic (exact) mass is 2020 g/mol. The number of H-pyrrole nitrogens is 6. The van der Waals surface area contributed by atoms with Gasteiger partial charge in [-0.05, 0) is 375 Å². The molecule has 0 saturated heterocycles. The zero-order valence-electron chi connectivity index (χ0n) is 78.3. The molecule has 0 aromatic carbocycles. The molecule has 30 nitrogen and oxygen atoms in total. The number of aryl methyl sites for hydroxylation is 6. The van der Waals surface area contributed by atoms with E-state index < -0.39 is 72.4 Å². The van der Waals surface area contributed by atoms with E-state index in [1.54, 1.807) is 59.7 Å². The van der Waals surface area contributed by atoms with Crippen LogP contribution in [0.1, 0.15) is 332 Å². The molecule has 0 aliphatic carbocycles. The van der Waals surface area contributed by atoms with E-state index in [0.717, 1.165) is 150 Å². The van der Waals surface area contributed by atoms with E-state index >= 15 is 0 Å². The van der Waals surface area contributed by atoms with E-state index in [9.17, 15) is 90.0 Å². The Morgan fingerprint density at radius 3 is 0.485 bits per heavy atom.